The number of ether oxygens (including phenoxy) is 2. The molecule has 0 saturated heterocycles. The van der Waals surface area contributed by atoms with Crippen molar-refractivity contribution >= 4 is 17.1 Å². The lowest BCUT2D eigenvalue weighted by Gasteiger charge is -2.04. The Kier molecular flexibility index (Phi) is 4.01. The number of fused-ring (bicyclic) bond motifs is 1. The van der Waals surface area contributed by atoms with Gasteiger partial charge in [0.15, 0.2) is 11.3 Å². The van der Waals surface area contributed by atoms with Crippen LogP contribution in [0.5, 0.6) is 5.75 Å². The average Bonchev–Trinajstić information content (AvgIpc) is 2.46. The van der Waals surface area contributed by atoms with Crippen LogP contribution in [0.1, 0.15) is 12.5 Å². The number of nitriles is 1. The molecule has 0 unspecified atom stereocenters. The molecule has 20 heavy (non-hydrogen) atoms. The van der Waals surface area contributed by atoms with Gasteiger partial charge < -0.3 is 13.9 Å². The highest BCUT2D eigenvalue weighted by molar-refractivity contribution is 5.83. The van der Waals surface area contributed by atoms with Crippen LogP contribution >= 0.6 is 0 Å². The van der Waals surface area contributed by atoms with E-state index in [1.54, 1.807) is 31.2 Å². The van der Waals surface area contributed by atoms with Crippen molar-refractivity contribution in [2.24, 2.45) is 4.99 Å². The van der Waals surface area contributed by atoms with E-state index in [-0.39, 0.29) is 17.7 Å². The molecule has 0 aliphatic heterocycles. The molecular weight excluding hydrogens is 260 g/mol. The predicted molar refractivity (Wildman–Crippen MR) is 70.1 cm³/mol. The fourth-order valence-electron chi connectivity index (χ4n) is 1.69. The predicted octanol–water partition coefficient (Wildman–Crippen LogP) is 2.37. The Hall–Kier alpha value is -2.81. The molecule has 0 atom stereocenters. The fourth-order valence-corrected chi connectivity index (χ4v) is 1.69. The van der Waals surface area contributed by atoms with Crippen molar-refractivity contribution in [3.05, 3.63) is 35.4 Å². The van der Waals surface area contributed by atoms with Crippen molar-refractivity contribution < 1.29 is 18.7 Å². The minimum absolute atomic E-state index is 0.0945. The highest BCUT2D eigenvalue weighted by Gasteiger charge is 2.09. The smallest absolute Gasteiger partial charge is 0.436 e. The van der Waals surface area contributed by atoms with Crippen molar-refractivity contribution in [1.29, 1.82) is 5.26 Å². The molecule has 2 rings (SSSR count). The maximum Gasteiger partial charge on any atom is 0.436 e. The van der Waals surface area contributed by atoms with Crippen molar-refractivity contribution in [2.45, 2.75) is 6.92 Å². The number of methoxy groups -OCH3 is 1. The molecule has 1 aromatic heterocycles. The highest BCUT2D eigenvalue weighted by atomic mass is 16.5. The summed E-state index contributed by atoms with van der Waals surface area (Å²) in [6.45, 7) is 1.86. The zero-order chi connectivity index (χ0) is 14.5. The van der Waals surface area contributed by atoms with Crippen LogP contribution in [0.4, 0.5) is 4.79 Å². The molecule has 6 nitrogen and oxygen atoms in total. The molecule has 0 spiro atoms. The van der Waals surface area contributed by atoms with Crippen LogP contribution in [0.3, 0.4) is 0 Å². The third-order valence-corrected chi connectivity index (χ3v) is 2.54. The van der Waals surface area contributed by atoms with Gasteiger partial charge in [-0.25, -0.2) is 4.79 Å². The molecule has 6 heteroatoms. The summed E-state index contributed by atoms with van der Waals surface area (Å²) in [6, 6.07) is 8.79. The molecule has 1 heterocycles. The van der Waals surface area contributed by atoms with Gasteiger partial charge in [0.05, 0.1) is 13.7 Å². The van der Waals surface area contributed by atoms with E-state index in [4.69, 9.17) is 19.2 Å². The molecule has 0 aliphatic carbocycles. The summed E-state index contributed by atoms with van der Waals surface area (Å²) in [5.41, 5.74) is 0.471. The van der Waals surface area contributed by atoms with Crippen LogP contribution in [-0.2, 0) is 4.74 Å². The van der Waals surface area contributed by atoms with E-state index in [1.165, 1.54) is 7.11 Å². The molecule has 0 fully saturated rings. The van der Waals surface area contributed by atoms with E-state index in [2.05, 4.69) is 4.99 Å². The molecule has 1 amide bonds. The van der Waals surface area contributed by atoms with E-state index in [0.29, 0.717) is 16.7 Å². The minimum Gasteiger partial charge on any atom is -0.493 e. The SMILES string of the molecule is CCOC(=O)/N=c1/oc2c(OC)cccc2cc1C#N. The summed E-state index contributed by atoms with van der Waals surface area (Å²) in [5.74, 6) is 0.493. The van der Waals surface area contributed by atoms with Gasteiger partial charge in [-0.1, -0.05) is 12.1 Å². The topological polar surface area (TPSA) is 84.8 Å². The second-order valence-electron chi connectivity index (χ2n) is 3.77. The third-order valence-electron chi connectivity index (χ3n) is 2.54. The van der Waals surface area contributed by atoms with Gasteiger partial charge in [-0.2, -0.15) is 5.26 Å². The number of para-hydroxylation sites is 1. The Morgan fingerprint density at radius 1 is 1.50 bits per heavy atom. The Bertz CT molecular complexity index is 756. The Morgan fingerprint density at radius 3 is 2.95 bits per heavy atom. The number of hydrogen-bond donors (Lipinski definition) is 0. The molecule has 0 bridgehead atoms. The van der Waals surface area contributed by atoms with Crippen LogP contribution in [0, 0.1) is 11.3 Å². The molecule has 2 aromatic rings. The second-order valence-corrected chi connectivity index (χ2v) is 3.77. The molecular formula is C14H12N2O4. The van der Waals surface area contributed by atoms with E-state index in [1.807, 2.05) is 6.07 Å². The normalized spacial score (nSPS) is 11.2. The third kappa shape index (κ3) is 2.62. The maximum absolute atomic E-state index is 11.4. The quantitative estimate of drug-likeness (QED) is 0.837. The van der Waals surface area contributed by atoms with Crippen molar-refractivity contribution in [3.63, 3.8) is 0 Å². The van der Waals surface area contributed by atoms with Crippen molar-refractivity contribution in [1.82, 2.24) is 0 Å². The zero-order valence-electron chi connectivity index (χ0n) is 11.0. The first-order valence-electron chi connectivity index (χ1n) is 5.92. The summed E-state index contributed by atoms with van der Waals surface area (Å²) in [7, 11) is 1.50. The Balaban J connectivity index is 2.71. The van der Waals surface area contributed by atoms with Crippen molar-refractivity contribution in [3.8, 4) is 11.8 Å². The Labute approximate surface area is 114 Å². The first kappa shape index (κ1) is 13.6. The molecule has 102 valence electrons. The number of rotatable bonds is 2. The summed E-state index contributed by atoms with van der Waals surface area (Å²) < 4.78 is 15.4. The van der Waals surface area contributed by atoms with E-state index < -0.39 is 6.09 Å². The summed E-state index contributed by atoms with van der Waals surface area (Å²) in [5, 5.41) is 9.78. The molecule has 0 aliphatic rings. The summed E-state index contributed by atoms with van der Waals surface area (Å²) in [4.78, 5) is 15.0. The monoisotopic (exact) mass is 272 g/mol. The number of amides is 1. The number of hydrogen-bond acceptors (Lipinski definition) is 5. The van der Waals surface area contributed by atoms with Gasteiger partial charge in [-0.05, 0) is 19.1 Å². The second kappa shape index (κ2) is 5.89. The Morgan fingerprint density at radius 2 is 2.30 bits per heavy atom. The molecule has 0 saturated carbocycles. The highest BCUT2D eigenvalue weighted by Crippen LogP contribution is 2.24. The van der Waals surface area contributed by atoms with Gasteiger partial charge in [0.1, 0.15) is 11.6 Å². The van der Waals surface area contributed by atoms with E-state index >= 15 is 0 Å². The summed E-state index contributed by atoms with van der Waals surface area (Å²) in [6.07, 6.45) is -0.804. The van der Waals surface area contributed by atoms with Gasteiger partial charge in [0, 0.05) is 5.39 Å². The van der Waals surface area contributed by atoms with E-state index in [0.717, 1.165) is 0 Å². The number of nitrogens with zero attached hydrogens (tertiary/aromatic N) is 2. The maximum atomic E-state index is 11.4. The van der Waals surface area contributed by atoms with Crippen LogP contribution in [0.25, 0.3) is 11.0 Å². The standard InChI is InChI=1S/C14H12N2O4/c1-3-19-14(17)16-13-10(8-15)7-9-5-4-6-11(18-2)12(9)20-13/h4-7H,3H2,1-2H3/b16-13+. The van der Waals surface area contributed by atoms with Gasteiger partial charge in [-0.15, -0.1) is 4.99 Å². The largest absolute Gasteiger partial charge is 0.493 e. The van der Waals surface area contributed by atoms with E-state index in [9.17, 15) is 4.79 Å². The molecule has 0 N–H and O–H groups in total. The van der Waals surface area contributed by atoms with Gasteiger partial charge in [0.25, 0.3) is 0 Å². The van der Waals surface area contributed by atoms with Crippen LogP contribution in [0.15, 0.2) is 33.7 Å². The lowest BCUT2D eigenvalue weighted by Crippen LogP contribution is -2.11. The van der Waals surface area contributed by atoms with Gasteiger partial charge in [0.2, 0.25) is 5.55 Å². The van der Waals surface area contributed by atoms with Gasteiger partial charge in [-0.3, -0.25) is 0 Å². The molecule has 1 aromatic carbocycles. The number of carbonyl (C=O) groups is 1. The number of carbonyl (C=O) groups excluding carboxylic acids is 1. The van der Waals surface area contributed by atoms with Crippen LogP contribution in [0.2, 0.25) is 0 Å². The van der Waals surface area contributed by atoms with Crippen LogP contribution < -0.4 is 10.3 Å². The lowest BCUT2D eigenvalue weighted by atomic mass is 10.2. The minimum atomic E-state index is -0.804. The lowest BCUT2D eigenvalue weighted by molar-refractivity contribution is 0.161. The number of benzene rings is 1. The van der Waals surface area contributed by atoms with Crippen molar-refractivity contribution in [2.75, 3.05) is 13.7 Å². The first-order valence-corrected chi connectivity index (χ1v) is 5.92. The van der Waals surface area contributed by atoms with Gasteiger partial charge >= 0.3 is 6.09 Å². The van der Waals surface area contributed by atoms with Crippen LogP contribution in [-0.4, -0.2) is 19.8 Å². The molecule has 0 radical (unpaired) electrons. The zero-order valence-corrected chi connectivity index (χ0v) is 11.0. The summed E-state index contributed by atoms with van der Waals surface area (Å²) >= 11 is 0. The fraction of sp³-hybridized carbons (Fsp3) is 0.214. The first-order chi connectivity index (χ1) is 9.69. The average molecular weight is 272 g/mol.